The Morgan fingerprint density at radius 2 is 2.11 bits per heavy atom. The van der Waals surface area contributed by atoms with Crippen LogP contribution in [-0.2, 0) is 15.5 Å². The van der Waals surface area contributed by atoms with E-state index < -0.39 is 41.5 Å². The minimum Gasteiger partial charge on any atom is -0.480 e. The second-order valence-corrected chi connectivity index (χ2v) is 4.08. The van der Waals surface area contributed by atoms with E-state index >= 15 is 0 Å². The number of carboxylic acids is 1. The number of carboxylic acid groups (broad SMARTS) is 1. The fourth-order valence-corrected chi connectivity index (χ4v) is 1.57. The molecular formula is C11H10ClF3O3. The van der Waals surface area contributed by atoms with Crippen molar-refractivity contribution in [1.29, 1.82) is 0 Å². The zero-order valence-electron chi connectivity index (χ0n) is 9.34. The molecule has 7 heteroatoms. The molecule has 0 aliphatic carbocycles. The summed E-state index contributed by atoms with van der Waals surface area (Å²) in [5.41, 5.74) is -0.569. The Bertz CT molecular complexity index is 463. The van der Waals surface area contributed by atoms with Crippen LogP contribution in [-0.4, -0.2) is 24.3 Å². The number of hydrogen-bond acceptors (Lipinski definition) is 2. The van der Waals surface area contributed by atoms with Gasteiger partial charge in [-0.05, 0) is 24.6 Å². The van der Waals surface area contributed by atoms with Crippen LogP contribution in [0.2, 0.25) is 5.02 Å². The summed E-state index contributed by atoms with van der Waals surface area (Å²) in [5, 5.41) is 7.84. The van der Waals surface area contributed by atoms with E-state index in [9.17, 15) is 18.0 Å². The SMILES string of the molecule is Cc1cc(C(F)(F)COCC(=O)O)c(Cl)cc1F. The zero-order chi connectivity index (χ0) is 13.9. The van der Waals surface area contributed by atoms with Gasteiger partial charge in [-0.25, -0.2) is 9.18 Å². The minimum atomic E-state index is -3.48. The molecule has 1 aromatic carbocycles. The normalized spacial score (nSPS) is 11.6. The van der Waals surface area contributed by atoms with Gasteiger partial charge in [-0.15, -0.1) is 0 Å². The van der Waals surface area contributed by atoms with Gasteiger partial charge in [0, 0.05) is 5.56 Å². The molecule has 0 unspecified atom stereocenters. The molecule has 0 fully saturated rings. The number of aryl methyl sites for hydroxylation is 1. The highest BCUT2D eigenvalue weighted by molar-refractivity contribution is 6.31. The van der Waals surface area contributed by atoms with E-state index in [1.165, 1.54) is 6.92 Å². The van der Waals surface area contributed by atoms with Gasteiger partial charge in [-0.2, -0.15) is 8.78 Å². The van der Waals surface area contributed by atoms with Crippen molar-refractivity contribution in [3.8, 4) is 0 Å². The lowest BCUT2D eigenvalue weighted by Crippen LogP contribution is -2.24. The molecular weight excluding hydrogens is 273 g/mol. The largest absolute Gasteiger partial charge is 0.480 e. The molecule has 0 aliphatic heterocycles. The molecule has 0 heterocycles. The molecule has 1 rings (SSSR count). The van der Waals surface area contributed by atoms with Crippen molar-refractivity contribution in [2.75, 3.05) is 13.2 Å². The van der Waals surface area contributed by atoms with Crippen molar-refractivity contribution in [3.63, 3.8) is 0 Å². The number of ether oxygens (including phenoxy) is 1. The first-order valence-electron chi connectivity index (χ1n) is 4.87. The highest BCUT2D eigenvalue weighted by Gasteiger charge is 2.35. The Kier molecular flexibility index (Phi) is 4.59. The first kappa shape index (κ1) is 14.8. The van der Waals surface area contributed by atoms with Crippen molar-refractivity contribution >= 4 is 17.6 Å². The summed E-state index contributed by atoms with van der Waals surface area (Å²) in [5.74, 6) is -5.52. The summed E-state index contributed by atoms with van der Waals surface area (Å²) in [6.45, 7) is -0.652. The van der Waals surface area contributed by atoms with Crippen LogP contribution >= 0.6 is 11.6 Å². The topological polar surface area (TPSA) is 46.5 Å². The minimum absolute atomic E-state index is 0.0207. The number of hydrogen-bond donors (Lipinski definition) is 1. The van der Waals surface area contributed by atoms with Crippen LogP contribution in [0.3, 0.4) is 0 Å². The lowest BCUT2D eigenvalue weighted by molar-refractivity contribution is -0.147. The van der Waals surface area contributed by atoms with E-state index in [-0.39, 0.29) is 5.56 Å². The summed E-state index contributed by atoms with van der Waals surface area (Å²) in [4.78, 5) is 10.1. The predicted molar refractivity (Wildman–Crippen MR) is 58.5 cm³/mol. The first-order valence-corrected chi connectivity index (χ1v) is 5.25. The number of alkyl halides is 2. The number of carbonyl (C=O) groups is 1. The first-order chi connectivity index (χ1) is 8.24. The van der Waals surface area contributed by atoms with Gasteiger partial charge in [-0.1, -0.05) is 11.6 Å². The molecule has 0 aliphatic rings. The van der Waals surface area contributed by atoms with Gasteiger partial charge in [0.1, 0.15) is 19.0 Å². The van der Waals surface area contributed by atoms with E-state index in [0.29, 0.717) is 0 Å². The highest BCUT2D eigenvalue weighted by atomic mass is 35.5. The number of benzene rings is 1. The Balaban J connectivity index is 2.90. The molecule has 1 N–H and O–H groups in total. The maximum Gasteiger partial charge on any atom is 0.329 e. The van der Waals surface area contributed by atoms with E-state index in [4.69, 9.17) is 16.7 Å². The summed E-state index contributed by atoms with van der Waals surface area (Å²) in [6.07, 6.45) is 0. The van der Waals surface area contributed by atoms with Crippen molar-refractivity contribution in [2.24, 2.45) is 0 Å². The zero-order valence-corrected chi connectivity index (χ0v) is 10.1. The smallest absolute Gasteiger partial charge is 0.329 e. The van der Waals surface area contributed by atoms with Crippen LogP contribution in [0.4, 0.5) is 13.2 Å². The molecule has 1 aromatic rings. The van der Waals surface area contributed by atoms with Gasteiger partial charge in [-0.3, -0.25) is 0 Å². The van der Waals surface area contributed by atoms with E-state index in [1.54, 1.807) is 0 Å². The van der Waals surface area contributed by atoms with Crippen molar-refractivity contribution in [1.82, 2.24) is 0 Å². The monoisotopic (exact) mass is 282 g/mol. The van der Waals surface area contributed by atoms with Crippen LogP contribution in [0.25, 0.3) is 0 Å². The lowest BCUT2D eigenvalue weighted by atomic mass is 10.1. The standard InChI is InChI=1S/C11H10ClF3O3/c1-6-2-7(8(12)3-9(6)13)11(14,15)5-18-4-10(16)17/h2-3H,4-5H2,1H3,(H,16,17). The summed E-state index contributed by atoms with van der Waals surface area (Å²) in [7, 11) is 0. The average Bonchev–Trinajstić information content (AvgIpc) is 2.22. The third-order valence-corrected chi connectivity index (χ3v) is 2.46. The number of rotatable bonds is 5. The molecule has 0 bridgehead atoms. The molecule has 0 spiro atoms. The maximum absolute atomic E-state index is 13.7. The van der Waals surface area contributed by atoms with Gasteiger partial charge in [0.15, 0.2) is 0 Å². The van der Waals surface area contributed by atoms with Gasteiger partial charge < -0.3 is 9.84 Å². The molecule has 0 saturated carbocycles. The van der Waals surface area contributed by atoms with Crippen molar-refractivity contribution < 1.29 is 27.8 Å². The summed E-state index contributed by atoms with van der Waals surface area (Å²) < 4.78 is 44.7. The van der Waals surface area contributed by atoms with Crippen LogP contribution in [0.15, 0.2) is 12.1 Å². The van der Waals surface area contributed by atoms with Crippen LogP contribution in [0.5, 0.6) is 0 Å². The second kappa shape index (κ2) is 5.58. The van der Waals surface area contributed by atoms with E-state index in [1.807, 2.05) is 0 Å². The second-order valence-electron chi connectivity index (χ2n) is 3.67. The van der Waals surface area contributed by atoms with Gasteiger partial charge in [0.05, 0.1) is 5.02 Å². The molecule has 3 nitrogen and oxygen atoms in total. The van der Waals surface area contributed by atoms with Crippen LogP contribution in [0.1, 0.15) is 11.1 Å². The molecule has 0 saturated heterocycles. The summed E-state index contributed by atoms with van der Waals surface area (Å²) >= 11 is 5.54. The third kappa shape index (κ3) is 3.61. The van der Waals surface area contributed by atoms with E-state index in [0.717, 1.165) is 12.1 Å². The Labute approximate surface area is 106 Å². The van der Waals surface area contributed by atoms with Crippen LogP contribution in [0, 0.1) is 12.7 Å². The van der Waals surface area contributed by atoms with Gasteiger partial charge in [0.2, 0.25) is 0 Å². The average molecular weight is 283 g/mol. The van der Waals surface area contributed by atoms with Gasteiger partial charge in [0.25, 0.3) is 5.92 Å². The molecule has 0 amide bonds. The highest BCUT2D eigenvalue weighted by Crippen LogP contribution is 2.35. The Hall–Kier alpha value is -1.27. The third-order valence-electron chi connectivity index (χ3n) is 2.15. The molecule has 0 radical (unpaired) electrons. The molecule has 100 valence electrons. The molecule has 0 aromatic heterocycles. The molecule has 18 heavy (non-hydrogen) atoms. The van der Waals surface area contributed by atoms with Crippen molar-refractivity contribution in [3.05, 3.63) is 34.1 Å². The van der Waals surface area contributed by atoms with E-state index in [2.05, 4.69) is 4.74 Å². The lowest BCUT2D eigenvalue weighted by Gasteiger charge is -2.18. The fourth-order valence-electron chi connectivity index (χ4n) is 1.28. The fraction of sp³-hybridized carbons (Fsp3) is 0.364. The summed E-state index contributed by atoms with van der Waals surface area (Å²) in [6, 6.07) is 1.71. The van der Waals surface area contributed by atoms with Gasteiger partial charge >= 0.3 is 5.97 Å². The number of aliphatic carboxylic acids is 1. The number of halogens is 4. The Morgan fingerprint density at radius 1 is 1.50 bits per heavy atom. The maximum atomic E-state index is 13.7. The van der Waals surface area contributed by atoms with Crippen molar-refractivity contribution in [2.45, 2.75) is 12.8 Å². The van der Waals surface area contributed by atoms with Crippen LogP contribution < -0.4 is 0 Å². The molecule has 0 atom stereocenters. The predicted octanol–water partition coefficient (Wildman–Crippen LogP) is 2.98. The quantitative estimate of drug-likeness (QED) is 0.903. The Morgan fingerprint density at radius 3 is 2.67 bits per heavy atom.